The summed E-state index contributed by atoms with van der Waals surface area (Å²) in [5.41, 5.74) is 6.31. The molecule has 3 nitrogen and oxygen atoms in total. The molecule has 0 aliphatic rings. The second-order valence-electron chi connectivity index (χ2n) is 5.23. The lowest BCUT2D eigenvalue weighted by atomic mass is 10.1. The second-order valence-corrected chi connectivity index (χ2v) is 5.56. The molecular weight excluding hydrogens is 282 g/mol. The van der Waals surface area contributed by atoms with Crippen LogP contribution in [0.4, 0.5) is 5.69 Å². The molecule has 4 heteroatoms. The van der Waals surface area contributed by atoms with Gasteiger partial charge in [0.1, 0.15) is 12.4 Å². The van der Waals surface area contributed by atoms with Crippen molar-refractivity contribution in [3.05, 3.63) is 58.1 Å². The Bertz CT molecular complexity index is 719. The van der Waals surface area contributed by atoms with E-state index in [1.165, 1.54) is 11.1 Å². The first-order chi connectivity index (χ1) is 10.0. The number of nitrogens with zero attached hydrogens (tertiary/aromatic N) is 1. The molecule has 0 fully saturated rings. The Hall–Kier alpha value is -1.94. The van der Waals surface area contributed by atoms with Crippen molar-refractivity contribution in [2.75, 3.05) is 0 Å². The predicted octanol–water partition coefficient (Wildman–Crippen LogP) is 4.53. The van der Waals surface area contributed by atoms with Crippen LogP contribution in [-0.2, 0) is 18.1 Å². The highest BCUT2D eigenvalue weighted by atomic mass is 32.1. The van der Waals surface area contributed by atoms with Crippen molar-refractivity contribution in [3.8, 4) is 5.75 Å². The van der Waals surface area contributed by atoms with E-state index in [2.05, 4.69) is 30.3 Å². The Kier molecular flexibility index (Phi) is 4.91. The minimum absolute atomic E-state index is 0.226. The number of hydrogen-bond donors (Lipinski definition) is 0. The van der Waals surface area contributed by atoms with Crippen molar-refractivity contribution < 1.29 is 8.95 Å². The van der Waals surface area contributed by atoms with Gasteiger partial charge in [0, 0.05) is 5.56 Å². The molecular formula is C17H19NO2S. The fourth-order valence-electron chi connectivity index (χ4n) is 2.24. The summed E-state index contributed by atoms with van der Waals surface area (Å²) in [5.74, 6) is 0.877. The van der Waals surface area contributed by atoms with Gasteiger partial charge >= 0.3 is 0 Å². The third-order valence-corrected chi connectivity index (χ3v) is 3.96. The Morgan fingerprint density at radius 3 is 2.43 bits per heavy atom. The van der Waals surface area contributed by atoms with Crippen molar-refractivity contribution in [1.82, 2.24) is 0 Å². The zero-order valence-corrected chi connectivity index (χ0v) is 13.6. The van der Waals surface area contributed by atoms with Gasteiger partial charge in [-0.2, -0.15) is 8.57 Å². The molecule has 0 heterocycles. The Morgan fingerprint density at radius 1 is 1.00 bits per heavy atom. The number of benzene rings is 2. The third kappa shape index (κ3) is 3.58. The molecule has 2 aromatic rings. The molecule has 0 aliphatic carbocycles. The molecule has 0 amide bonds. The van der Waals surface area contributed by atoms with E-state index >= 15 is 0 Å². The van der Waals surface area contributed by atoms with Crippen LogP contribution in [0.15, 0.2) is 34.7 Å². The molecule has 21 heavy (non-hydrogen) atoms. The maximum Gasteiger partial charge on any atom is 0.205 e. The van der Waals surface area contributed by atoms with Gasteiger partial charge in [-0.3, -0.25) is 0 Å². The second kappa shape index (κ2) is 6.68. The van der Waals surface area contributed by atoms with Crippen LogP contribution in [0.3, 0.4) is 0 Å². The quantitative estimate of drug-likeness (QED) is 0.832. The van der Waals surface area contributed by atoms with Crippen molar-refractivity contribution in [3.63, 3.8) is 0 Å². The van der Waals surface area contributed by atoms with Gasteiger partial charge in [0.15, 0.2) is 0 Å². The fraction of sp³-hybridized carbons (Fsp3) is 0.294. The molecule has 0 atom stereocenters. The summed E-state index contributed by atoms with van der Waals surface area (Å²) in [7, 11) is 0. The summed E-state index contributed by atoms with van der Waals surface area (Å²) in [6.07, 6.45) is 0. The van der Waals surface area contributed by atoms with E-state index in [-0.39, 0.29) is 11.5 Å². The Balaban J connectivity index is 2.28. The van der Waals surface area contributed by atoms with Crippen LogP contribution in [-0.4, -0.2) is 4.21 Å². The molecule has 0 bridgehead atoms. The van der Waals surface area contributed by atoms with Crippen molar-refractivity contribution in [2.45, 2.75) is 34.3 Å². The monoisotopic (exact) mass is 301 g/mol. The number of ether oxygens (including phenoxy) is 1. The number of hydrogen-bond acceptors (Lipinski definition) is 3. The lowest BCUT2D eigenvalue weighted by Gasteiger charge is -2.14. The van der Waals surface area contributed by atoms with Gasteiger partial charge < -0.3 is 4.74 Å². The molecule has 0 aromatic heterocycles. The first-order valence-electron chi connectivity index (χ1n) is 6.82. The largest absolute Gasteiger partial charge is 0.489 e. The predicted molar refractivity (Wildman–Crippen MR) is 86.4 cm³/mol. The van der Waals surface area contributed by atoms with Crippen LogP contribution < -0.4 is 4.74 Å². The van der Waals surface area contributed by atoms with E-state index in [0.717, 1.165) is 22.4 Å². The van der Waals surface area contributed by atoms with E-state index < -0.39 is 0 Å². The van der Waals surface area contributed by atoms with Crippen molar-refractivity contribution >= 4 is 17.2 Å². The highest BCUT2D eigenvalue weighted by Crippen LogP contribution is 2.27. The third-order valence-electron chi connectivity index (χ3n) is 3.68. The van der Waals surface area contributed by atoms with E-state index in [0.29, 0.717) is 12.3 Å². The summed E-state index contributed by atoms with van der Waals surface area (Å²) in [6, 6.07) is 9.92. The Labute approximate surface area is 129 Å². The minimum atomic E-state index is 0.226. The molecule has 0 unspecified atom stereocenters. The zero-order valence-electron chi connectivity index (χ0n) is 12.8. The van der Waals surface area contributed by atoms with Gasteiger partial charge in [0.05, 0.1) is 5.69 Å². The standard InChI is InChI=1S/C17H19NO2S/c1-11-6-5-7-16(18-21-19)15(11)10-20-17-9-13(3)12(2)8-14(17)4/h5-9H,10H2,1-4H3. The van der Waals surface area contributed by atoms with Crippen LogP contribution in [0.2, 0.25) is 0 Å². The van der Waals surface area contributed by atoms with Crippen LogP contribution >= 0.6 is 0 Å². The van der Waals surface area contributed by atoms with Gasteiger partial charge in [-0.1, -0.05) is 18.2 Å². The molecule has 0 spiro atoms. The maximum atomic E-state index is 10.7. The zero-order chi connectivity index (χ0) is 15.4. The SMILES string of the molecule is Cc1cc(C)c(OCc2c(C)cccc2N=S=O)cc1C. The first kappa shape index (κ1) is 15.4. The summed E-state index contributed by atoms with van der Waals surface area (Å²) < 4.78 is 20.6. The minimum Gasteiger partial charge on any atom is -0.489 e. The fourth-order valence-corrected chi connectivity index (χ4v) is 2.49. The lowest BCUT2D eigenvalue weighted by Crippen LogP contribution is -2.00. The normalized spacial score (nSPS) is 10.3. The van der Waals surface area contributed by atoms with Gasteiger partial charge in [-0.25, -0.2) is 0 Å². The van der Waals surface area contributed by atoms with Gasteiger partial charge in [0.2, 0.25) is 11.5 Å². The molecule has 0 N–H and O–H groups in total. The van der Waals surface area contributed by atoms with E-state index in [9.17, 15) is 4.21 Å². The first-order valence-corrected chi connectivity index (χ1v) is 7.52. The van der Waals surface area contributed by atoms with Crippen molar-refractivity contribution in [2.24, 2.45) is 4.36 Å². The molecule has 110 valence electrons. The Morgan fingerprint density at radius 2 is 1.71 bits per heavy atom. The molecule has 2 aromatic carbocycles. The van der Waals surface area contributed by atoms with Crippen LogP contribution in [0.1, 0.15) is 27.8 Å². The molecule has 0 saturated heterocycles. The highest BCUT2D eigenvalue weighted by Gasteiger charge is 2.08. The van der Waals surface area contributed by atoms with Crippen molar-refractivity contribution in [1.29, 1.82) is 0 Å². The van der Waals surface area contributed by atoms with E-state index in [4.69, 9.17) is 4.74 Å². The molecule has 0 aliphatic heterocycles. The van der Waals surface area contributed by atoms with Crippen LogP contribution in [0.5, 0.6) is 5.75 Å². The van der Waals surface area contributed by atoms with Crippen LogP contribution in [0, 0.1) is 27.7 Å². The summed E-state index contributed by atoms with van der Waals surface area (Å²) in [6.45, 7) is 8.62. The average Bonchev–Trinajstić information content (AvgIpc) is 2.44. The number of aryl methyl sites for hydroxylation is 4. The molecule has 0 radical (unpaired) electrons. The molecule has 2 rings (SSSR count). The van der Waals surface area contributed by atoms with E-state index in [1.807, 2.05) is 32.0 Å². The maximum absolute atomic E-state index is 10.7. The molecule has 0 saturated carbocycles. The summed E-state index contributed by atoms with van der Waals surface area (Å²) in [5, 5.41) is 0. The van der Waals surface area contributed by atoms with Gasteiger partial charge in [-0.05, 0) is 62.1 Å². The van der Waals surface area contributed by atoms with Gasteiger partial charge in [0.25, 0.3) is 0 Å². The summed E-state index contributed by atoms with van der Waals surface area (Å²) >= 11 is 0.226. The number of rotatable bonds is 4. The topological polar surface area (TPSA) is 38.7 Å². The highest BCUT2D eigenvalue weighted by molar-refractivity contribution is 7.54. The average molecular weight is 301 g/mol. The summed E-state index contributed by atoms with van der Waals surface area (Å²) in [4.78, 5) is 0. The lowest BCUT2D eigenvalue weighted by molar-refractivity contribution is 0.303. The van der Waals surface area contributed by atoms with Crippen LogP contribution in [0.25, 0.3) is 0 Å². The van der Waals surface area contributed by atoms with E-state index in [1.54, 1.807) is 0 Å². The smallest absolute Gasteiger partial charge is 0.205 e. The van der Waals surface area contributed by atoms with Gasteiger partial charge in [-0.15, -0.1) is 0 Å².